The molecule has 0 unspecified atom stereocenters. The van der Waals surface area contributed by atoms with E-state index in [-0.39, 0.29) is 35.8 Å². The Labute approximate surface area is 187 Å². The Morgan fingerprint density at radius 1 is 1.19 bits per heavy atom. The van der Waals surface area contributed by atoms with Gasteiger partial charge in [0.25, 0.3) is 0 Å². The maximum absolute atomic E-state index is 13.0. The van der Waals surface area contributed by atoms with E-state index < -0.39 is 23.8 Å². The van der Waals surface area contributed by atoms with Crippen LogP contribution in [0.1, 0.15) is 58.4 Å². The highest BCUT2D eigenvalue weighted by atomic mass is 32.1. The van der Waals surface area contributed by atoms with E-state index in [2.05, 4.69) is 20.6 Å². The van der Waals surface area contributed by atoms with Crippen molar-refractivity contribution in [3.8, 4) is 0 Å². The summed E-state index contributed by atoms with van der Waals surface area (Å²) in [6.45, 7) is 7.93. The Bertz CT molecular complexity index is 717. The summed E-state index contributed by atoms with van der Waals surface area (Å²) in [5.41, 5.74) is 10.7. The van der Waals surface area contributed by atoms with Gasteiger partial charge in [-0.1, -0.05) is 27.7 Å². The zero-order chi connectivity index (χ0) is 23.6. The number of nitrogens with one attached hydrogen (secondary N) is 2. The predicted molar refractivity (Wildman–Crippen MR) is 121 cm³/mol. The average Bonchev–Trinajstić information content (AvgIpc) is 3.21. The Balaban J connectivity index is 2.94. The monoisotopic (exact) mass is 456 g/mol. The van der Waals surface area contributed by atoms with Crippen LogP contribution in [0.2, 0.25) is 0 Å². The quantitative estimate of drug-likeness (QED) is 0.108. The fraction of sp³-hybridized carbons (Fsp3) is 0.700. The van der Waals surface area contributed by atoms with Gasteiger partial charge in [-0.3, -0.25) is 14.6 Å². The third-order valence-corrected chi connectivity index (χ3v) is 5.60. The molecule has 0 fully saturated rings. The third kappa shape index (κ3) is 9.19. The first-order valence-corrected chi connectivity index (χ1v) is 11.3. The Morgan fingerprint density at radius 3 is 2.39 bits per heavy atom. The highest BCUT2D eigenvalue weighted by molar-refractivity contribution is 7.09. The van der Waals surface area contributed by atoms with Crippen molar-refractivity contribution in [2.24, 2.45) is 28.3 Å². The zero-order valence-electron chi connectivity index (χ0n) is 18.7. The molecule has 0 radical (unpaired) electrons. The lowest BCUT2D eigenvalue weighted by molar-refractivity contribution is -0.196. The Hall–Kier alpha value is -2.24. The fourth-order valence-electron chi connectivity index (χ4n) is 2.89. The largest absolute Gasteiger partial charge is 0.370 e. The van der Waals surface area contributed by atoms with Gasteiger partial charge in [0, 0.05) is 24.5 Å². The summed E-state index contributed by atoms with van der Waals surface area (Å²) in [7, 11) is 0. The number of carbonyl (C=O) groups excluding carboxylic acids is 2. The average molecular weight is 457 g/mol. The molecule has 1 aromatic rings. The SMILES string of the molecule is CC(C)CCC(=O)N[C@H](C(=O)N[C@@H](CCCN=C(N)N)C(O)(O)c1nccs1)C(C)C. The number of rotatable bonds is 13. The van der Waals surface area contributed by atoms with Crippen molar-refractivity contribution in [2.75, 3.05) is 6.54 Å². The van der Waals surface area contributed by atoms with Gasteiger partial charge < -0.3 is 32.3 Å². The van der Waals surface area contributed by atoms with Crippen molar-refractivity contribution in [2.45, 2.75) is 71.2 Å². The van der Waals surface area contributed by atoms with E-state index in [0.717, 1.165) is 11.3 Å². The Morgan fingerprint density at radius 2 is 1.87 bits per heavy atom. The molecule has 2 amide bonds. The van der Waals surface area contributed by atoms with Crippen LogP contribution in [0.15, 0.2) is 16.6 Å². The van der Waals surface area contributed by atoms with Gasteiger partial charge in [-0.15, -0.1) is 11.3 Å². The second kappa shape index (κ2) is 12.6. The minimum Gasteiger partial charge on any atom is -0.370 e. The lowest BCUT2D eigenvalue weighted by Crippen LogP contribution is -2.57. The van der Waals surface area contributed by atoms with Crippen LogP contribution in [0.5, 0.6) is 0 Å². The first kappa shape index (κ1) is 26.8. The summed E-state index contributed by atoms with van der Waals surface area (Å²) in [4.78, 5) is 33.1. The van der Waals surface area contributed by atoms with E-state index in [1.165, 1.54) is 6.20 Å². The van der Waals surface area contributed by atoms with Gasteiger partial charge >= 0.3 is 0 Å². The van der Waals surface area contributed by atoms with Gasteiger partial charge in [0.1, 0.15) is 6.04 Å². The maximum Gasteiger partial charge on any atom is 0.243 e. The van der Waals surface area contributed by atoms with E-state index in [1.54, 1.807) is 5.38 Å². The standard InChI is InChI=1S/C20H36N6O4S/c1-12(2)7-8-15(27)26-16(13(3)4)17(28)25-14(6-5-9-24-19(21)22)20(29,30)18-23-10-11-31-18/h10-14,16,29-30H,5-9H2,1-4H3,(H,25,28)(H,26,27)(H4,21,22,24)/t14-,16-/m0/s1. The molecule has 1 aromatic heterocycles. The number of hydrogen-bond donors (Lipinski definition) is 6. The second-order valence-corrected chi connectivity index (χ2v) is 9.19. The van der Waals surface area contributed by atoms with Crippen LogP contribution >= 0.6 is 11.3 Å². The number of guanidine groups is 1. The summed E-state index contributed by atoms with van der Waals surface area (Å²) in [6.07, 6.45) is 3.06. The molecule has 31 heavy (non-hydrogen) atoms. The second-order valence-electron chi connectivity index (χ2n) is 8.30. The first-order valence-electron chi connectivity index (χ1n) is 10.4. The number of aromatic nitrogens is 1. The number of carbonyl (C=O) groups is 2. The van der Waals surface area contributed by atoms with Crippen LogP contribution < -0.4 is 22.1 Å². The van der Waals surface area contributed by atoms with Crippen LogP contribution in [0.25, 0.3) is 0 Å². The molecule has 10 nitrogen and oxygen atoms in total. The molecule has 1 rings (SSSR count). The van der Waals surface area contributed by atoms with Gasteiger partial charge in [-0.2, -0.15) is 0 Å². The number of nitrogens with two attached hydrogens (primary N) is 2. The van der Waals surface area contributed by atoms with Crippen LogP contribution in [0.3, 0.4) is 0 Å². The summed E-state index contributed by atoms with van der Waals surface area (Å²) in [5.74, 6) is -2.99. The molecule has 0 aliphatic rings. The summed E-state index contributed by atoms with van der Waals surface area (Å²) < 4.78 is 0. The van der Waals surface area contributed by atoms with Crippen molar-refractivity contribution in [3.05, 3.63) is 16.6 Å². The van der Waals surface area contributed by atoms with Crippen LogP contribution in [0, 0.1) is 11.8 Å². The molecule has 11 heteroatoms. The van der Waals surface area contributed by atoms with Gasteiger partial charge in [0.15, 0.2) is 11.0 Å². The van der Waals surface area contributed by atoms with Crippen LogP contribution in [-0.2, 0) is 15.4 Å². The van der Waals surface area contributed by atoms with Crippen molar-refractivity contribution in [1.82, 2.24) is 15.6 Å². The van der Waals surface area contributed by atoms with Crippen LogP contribution in [0.4, 0.5) is 0 Å². The minimum atomic E-state index is -2.38. The summed E-state index contributed by atoms with van der Waals surface area (Å²) in [6, 6.07) is -1.89. The molecule has 8 N–H and O–H groups in total. The van der Waals surface area contributed by atoms with E-state index in [0.29, 0.717) is 25.2 Å². The molecule has 0 bridgehead atoms. The van der Waals surface area contributed by atoms with Crippen molar-refractivity contribution < 1.29 is 19.8 Å². The van der Waals surface area contributed by atoms with Crippen molar-refractivity contribution in [1.29, 1.82) is 0 Å². The van der Waals surface area contributed by atoms with E-state index in [1.807, 2.05) is 27.7 Å². The van der Waals surface area contributed by atoms with Crippen molar-refractivity contribution >= 4 is 29.1 Å². The molecule has 1 heterocycles. The summed E-state index contributed by atoms with van der Waals surface area (Å²) in [5, 5.41) is 28.6. The zero-order valence-corrected chi connectivity index (χ0v) is 19.5. The molecular weight excluding hydrogens is 420 g/mol. The van der Waals surface area contributed by atoms with E-state index in [4.69, 9.17) is 11.5 Å². The predicted octanol–water partition coefficient (Wildman–Crippen LogP) is 0.396. The summed E-state index contributed by atoms with van der Waals surface area (Å²) >= 11 is 1.06. The lowest BCUT2D eigenvalue weighted by atomic mass is 9.98. The van der Waals surface area contributed by atoms with Gasteiger partial charge in [-0.25, -0.2) is 4.98 Å². The number of nitrogens with zero attached hydrogens (tertiary/aromatic N) is 2. The topological polar surface area (TPSA) is 176 Å². The molecule has 0 spiro atoms. The number of hydrogen-bond acceptors (Lipinski definition) is 7. The number of aliphatic hydroxyl groups is 2. The lowest BCUT2D eigenvalue weighted by Gasteiger charge is -2.32. The maximum atomic E-state index is 13.0. The van der Waals surface area contributed by atoms with Gasteiger partial charge in [-0.05, 0) is 31.1 Å². The van der Waals surface area contributed by atoms with Gasteiger partial charge in [0.05, 0.1) is 6.04 Å². The fourth-order valence-corrected chi connectivity index (χ4v) is 3.58. The number of aliphatic imine (C=N–C) groups is 1. The first-order chi connectivity index (χ1) is 14.4. The highest BCUT2D eigenvalue weighted by Crippen LogP contribution is 2.27. The molecule has 176 valence electrons. The normalized spacial score (nSPS) is 13.7. The van der Waals surface area contributed by atoms with Crippen LogP contribution in [-0.4, -0.2) is 51.6 Å². The molecule has 0 aromatic carbocycles. The molecule has 0 aliphatic carbocycles. The van der Waals surface area contributed by atoms with Gasteiger partial charge in [0.2, 0.25) is 17.6 Å². The minimum absolute atomic E-state index is 0.0571. The number of thiazole rings is 1. The van der Waals surface area contributed by atoms with Crippen molar-refractivity contribution in [3.63, 3.8) is 0 Å². The molecule has 0 saturated carbocycles. The molecular formula is C20H36N6O4S. The third-order valence-electron chi connectivity index (χ3n) is 4.71. The Kier molecular flexibility index (Phi) is 10.9. The van der Waals surface area contributed by atoms with E-state index >= 15 is 0 Å². The number of amides is 2. The molecule has 0 aliphatic heterocycles. The molecule has 0 saturated heterocycles. The van der Waals surface area contributed by atoms with E-state index in [9.17, 15) is 19.8 Å². The highest BCUT2D eigenvalue weighted by Gasteiger charge is 2.41. The smallest absolute Gasteiger partial charge is 0.243 e. The molecule has 2 atom stereocenters.